The van der Waals surface area contributed by atoms with E-state index >= 15 is 0 Å². The first-order valence-electron chi connectivity index (χ1n) is 5.97. The Hall–Kier alpha value is -0.610. The Bertz CT molecular complexity index is 205. The number of hydrogen-bond donors (Lipinski definition) is 2. The van der Waals surface area contributed by atoms with Crippen LogP contribution in [0.5, 0.6) is 0 Å². The lowest BCUT2D eigenvalue weighted by molar-refractivity contribution is -0.246. The van der Waals surface area contributed by atoms with Crippen molar-refractivity contribution in [1.82, 2.24) is 0 Å². The van der Waals surface area contributed by atoms with Gasteiger partial charge in [0.05, 0.1) is 12.0 Å². The number of aliphatic hydroxyl groups is 1. The molecule has 0 aromatic rings. The first-order chi connectivity index (χ1) is 7.50. The molecule has 0 aromatic heterocycles. The lowest BCUT2D eigenvalue weighted by Gasteiger charge is -2.24. The molecule has 0 aromatic carbocycles. The van der Waals surface area contributed by atoms with E-state index in [2.05, 4.69) is 18.7 Å². The van der Waals surface area contributed by atoms with E-state index in [1.165, 1.54) is 12.8 Å². The standard InChI is InChI=1S/C12H24O4/c1-4-5-6-10(2)7-8-12(3,9-13)11(14)16-15/h10,13,15H,4-9H2,1-3H3. The van der Waals surface area contributed by atoms with Crippen LogP contribution in [-0.4, -0.2) is 22.9 Å². The van der Waals surface area contributed by atoms with E-state index < -0.39 is 11.4 Å². The van der Waals surface area contributed by atoms with Gasteiger partial charge >= 0.3 is 5.97 Å². The van der Waals surface area contributed by atoms with E-state index in [9.17, 15) is 4.79 Å². The fourth-order valence-corrected chi connectivity index (χ4v) is 1.62. The number of aliphatic hydroxyl groups excluding tert-OH is 1. The Kier molecular flexibility index (Phi) is 7.34. The second-order valence-electron chi connectivity index (χ2n) is 4.88. The third kappa shape index (κ3) is 4.94. The van der Waals surface area contributed by atoms with Crippen LogP contribution >= 0.6 is 0 Å². The first-order valence-corrected chi connectivity index (χ1v) is 5.97. The van der Waals surface area contributed by atoms with Gasteiger partial charge in [-0.25, -0.2) is 4.79 Å². The smallest absolute Gasteiger partial charge is 0.350 e. The molecule has 0 saturated carbocycles. The van der Waals surface area contributed by atoms with Gasteiger partial charge in [0.1, 0.15) is 0 Å². The summed E-state index contributed by atoms with van der Waals surface area (Å²) < 4.78 is 0. The third-order valence-corrected chi connectivity index (χ3v) is 3.16. The van der Waals surface area contributed by atoms with Gasteiger partial charge in [0.2, 0.25) is 0 Å². The highest BCUT2D eigenvalue weighted by Crippen LogP contribution is 2.27. The number of rotatable bonds is 8. The Morgan fingerprint density at radius 2 is 2.06 bits per heavy atom. The summed E-state index contributed by atoms with van der Waals surface area (Å²) in [6, 6.07) is 0. The van der Waals surface area contributed by atoms with E-state index in [4.69, 9.17) is 10.4 Å². The minimum Gasteiger partial charge on any atom is -0.395 e. The van der Waals surface area contributed by atoms with Crippen LogP contribution < -0.4 is 0 Å². The zero-order valence-corrected chi connectivity index (χ0v) is 10.5. The molecule has 0 aliphatic rings. The highest BCUT2D eigenvalue weighted by Gasteiger charge is 2.34. The highest BCUT2D eigenvalue weighted by molar-refractivity contribution is 5.75. The SMILES string of the molecule is CCCCC(C)CCC(C)(CO)C(=O)OO. The molecule has 0 heterocycles. The number of carbonyl (C=O) groups is 1. The van der Waals surface area contributed by atoms with Crippen molar-refractivity contribution < 1.29 is 20.0 Å². The molecule has 0 bridgehead atoms. The van der Waals surface area contributed by atoms with Crippen molar-refractivity contribution in [2.24, 2.45) is 11.3 Å². The molecule has 0 rings (SSSR count). The fraction of sp³-hybridized carbons (Fsp3) is 0.917. The van der Waals surface area contributed by atoms with Gasteiger partial charge < -0.3 is 9.99 Å². The van der Waals surface area contributed by atoms with Crippen LogP contribution in [-0.2, 0) is 9.68 Å². The first kappa shape index (κ1) is 15.4. The molecule has 16 heavy (non-hydrogen) atoms. The average molecular weight is 232 g/mol. The average Bonchev–Trinajstić information content (AvgIpc) is 2.32. The van der Waals surface area contributed by atoms with Crippen LogP contribution in [0.3, 0.4) is 0 Å². The number of hydrogen-bond acceptors (Lipinski definition) is 4. The molecule has 0 aliphatic carbocycles. The summed E-state index contributed by atoms with van der Waals surface area (Å²) in [5, 5.41) is 17.5. The van der Waals surface area contributed by atoms with Crippen molar-refractivity contribution >= 4 is 5.97 Å². The van der Waals surface area contributed by atoms with Crippen LogP contribution in [0.25, 0.3) is 0 Å². The summed E-state index contributed by atoms with van der Waals surface area (Å²) in [5.74, 6) is -0.227. The zero-order chi connectivity index (χ0) is 12.6. The van der Waals surface area contributed by atoms with Gasteiger partial charge in [0.15, 0.2) is 0 Å². The molecule has 0 spiro atoms. The van der Waals surface area contributed by atoms with Crippen LogP contribution in [0, 0.1) is 11.3 Å². The molecule has 4 heteroatoms. The summed E-state index contributed by atoms with van der Waals surface area (Å²) in [5.41, 5.74) is -0.977. The Morgan fingerprint density at radius 1 is 1.44 bits per heavy atom. The monoisotopic (exact) mass is 232 g/mol. The van der Waals surface area contributed by atoms with E-state index in [0.717, 1.165) is 12.8 Å². The van der Waals surface area contributed by atoms with Crippen LogP contribution in [0.4, 0.5) is 0 Å². The van der Waals surface area contributed by atoms with Crippen molar-refractivity contribution in [3.05, 3.63) is 0 Å². The Labute approximate surface area is 97.5 Å². The Morgan fingerprint density at radius 3 is 2.50 bits per heavy atom. The number of carbonyl (C=O) groups excluding carboxylic acids is 1. The molecule has 2 N–H and O–H groups in total. The van der Waals surface area contributed by atoms with E-state index in [0.29, 0.717) is 12.3 Å². The molecule has 0 fully saturated rings. The molecule has 4 nitrogen and oxygen atoms in total. The molecule has 0 amide bonds. The minimum atomic E-state index is -0.977. The third-order valence-electron chi connectivity index (χ3n) is 3.16. The van der Waals surface area contributed by atoms with Crippen molar-refractivity contribution in [1.29, 1.82) is 0 Å². The lowest BCUT2D eigenvalue weighted by Crippen LogP contribution is -2.33. The topological polar surface area (TPSA) is 66.8 Å². The molecular formula is C12H24O4. The van der Waals surface area contributed by atoms with Crippen LogP contribution in [0.15, 0.2) is 0 Å². The largest absolute Gasteiger partial charge is 0.395 e. The van der Waals surface area contributed by atoms with Crippen molar-refractivity contribution in [3.63, 3.8) is 0 Å². The normalized spacial score (nSPS) is 16.6. The lowest BCUT2D eigenvalue weighted by atomic mass is 9.83. The maximum Gasteiger partial charge on any atom is 0.350 e. The second kappa shape index (κ2) is 7.63. The zero-order valence-electron chi connectivity index (χ0n) is 10.5. The van der Waals surface area contributed by atoms with Gasteiger partial charge in [-0.2, -0.15) is 5.26 Å². The van der Waals surface area contributed by atoms with Gasteiger partial charge in [-0.3, -0.25) is 0 Å². The Balaban J connectivity index is 4.08. The van der Waals surface area contributed by atoms with Crippen LogP contribution in [0.2, 0.25) is 0 Å². The quantitative estimate of drug-likeness (QED) is 0.498. The second-order valence-corrected chi connectivity index (χ2v) is 4.88. The maximum atomic E-state index is 11.3. The molecular weight excluding hydrogens is 208 g/mol. The van der Waals surface area contributed by atoms with Crippen molar-refractivity contribution in [2.75, 3.05) is 6.61 Å². The molecule has 0 aliphatic heterocycles. The molecule has 2 unspecified atom stereocenters. The van der Waals surface area contributed by atoms with E-state index in [-0.39, 0.29) is 6.61 Å². The van der Waals surface area contributed by atoms with Gasteiger partial charge in [-0.05, 0) is 25.7 Å². The van der Waals surface area contributed by atoms with Crippen LogP contribution in [0.1, 0.15) is 52.9 Å². The summed E-state index contributed by atoms with van der Waals surface area (Å²) in [6.07, 6.45) is 4.87. The summed E-state index contributed by atoms with van der Waals surface area (Å²) >= 11 is 0. The molecule has 96 valence electrons. The van der Waals surface area contributed by atoms with Gasteiger partial charge in [0, 0.05) is 0 Å². The van der Waals surface area contributed by atoms with Gasteiger partial charge in [0.25, 0.3) is 0 Å². The van der Waals surface area contributed by atoms with E-state index in [1.807, 2.05) is 0 Å². The number of unbranched alkanes of at least 4 members (excludes halogenated alkanes) is 1. The summed E-state index contributed by atoms with van der Waals surface area (Å²) in [4.78, 5) is 15.0. The molecule has 0 radical (unpaired) electrons. The molecule has 2 atom stereocenters. The van der Waals surface area contributed by atoms with Crippen molar-refractivity contribution in [3.8, 4) is 0 Å². The minimum absolute atomic E-state index is 0.299. The van der Waals surface area contributed by atoms with Gasteiger partial charge in [-0.15, -0.1) is 0 Å². The maximum absolute atomic E-state index is 11.3. The van der Waals surface area contributed by atoms with E-state index in [1.54, 1.807) is 6.92 Å². The van der Waals surface area contributed by atoms with Crippen molar-refractivity contribution in [2.45, 2.75) is 52.9 Å². The summed E-state index contributed by atoms with van der Waals surface area (Å²) in [7, 11) is 0. The fourth-order valence-electron chi connectivity index (χ4n) is 1.62. The molecule has 0 saturated heterocycles. The van der Waals surface area contributed by atoms with Gasteiger partial charge in [-0.1, -0.05) is 33.1 Å². The highest BCUT2D eigenvalue weighted by atomic mass is 17.1. The summed E-state index contributed by atoms with van der Waals surface area (Å²) in [6.45, 7) is 5.59. The predicted octanol–water partition coefficient (Wildman–Crippen LogP) is 2.61. The predicted molar refractivity (Wildman–Crippen MR) is 61.8 cm³/mol.